The predicted molar refractivity (Wildman–Crippen MR) is 73.9 cm³/mol. The summed E-state index contributed by atoms with van der Waals surface area (Å²) in [4.78, 5) is 25.8. The average molecular weight is 294 g/mol. The lowest BCUT2D eigenvalue weighted by Gasteiger charge is -2.06. The fraction of sp³-hybridized carbons (Fsp3) is 0.231. The van der Waals surface area contributed by atoms with E-state index in [-0.39, 0.29) is 6.61 Å². The summed E-state index contributed by atoms with van der Waals surface area (Å²) < 4.78 is 15.0. The zero-order valence-corrected chi connectivity index (χ0v) is 11.8. The lowest BCUT2D eigenvalue weighted by molar-refractivity contribution is 0.199. The third-order valence-corrected chi connectivity index (χ3v) is 3.17. The van der Waals surface area contributed by atoms with Crippen LogP contribution in [0.1, 0.15) is 11.1 Å². The number of phosphoric ester groups is 1. The summed E-state index contributed by atoms with van der Waals surface area (Å²) >= 11 is 0. The normalized spacial score (nSPS) is 11.6. The summed E-state index contributed by atoms with van der Waals surface area (Å²) in [5, 5.41) is 0. The fourth-order valence-corrected chi connectivity index (χ4v) is 2.06. The Morgan fingerprint density at radius 1 is 1.15 bits per heavy atom. The topological polar surface area (TPSA) is 92.5 Å². The van der Waals surface area contributed by atoms with Crippen LogP contribution in [0.3, 0.4) is 0 Å². The van der Waals surface area contributed by atoms with Crippen LogP contribution in [-0.4, -0.2) is 26.4 Å². The minimum Gasteiger partial charge on any atom is -0.303 e. The Morgan fingerprint density at radius 3 is 2.45 bits per heavy atom. The molecule has 106 valence electrons. The smallest absolute Gasteiger partial charge is 0.303 e. The molecule has 0 saturated carbocycles. The van der Waals surface area contributed by atoms with Crippen molar-refractivity contribution in [3.63, 3.8) is 0 Å². The highest BCUT2D eigenvalue weighted by Crippen LogP contribution is 2.35. The molecule has 2 aromatic rings. The molecular weight excluding hydrogens is 279 g/mol. The molecule has 0 aliphatic rings. The quantitative estimate of drug-likeness (QED) is 0.820. The first-order valence-electron chi connectivity index (χ1n) is 6.02. The van der Waals surface area contributed by atoms with Gasteiger partial charge < -0.3 is 9.79 Å². The first kappa shape index (κ1) is 14.8. The number of pyridine rings is 2. The van der Waals surface area contributed by atoms with E-state index in [4.69, 9.17) is 9.79 Å². The van der Waals surface area contributed by atoms with Crippen LogP contribution in [0.5, 0.6) is 0 Å². The van der Waals surface area contributed by atoms with E-state index in [9.17, 15) is 4.57 Å². The minimum atomic E-state index is -4.41. The van der Waals surface area contributed by atoms with Gasteiger partial charge in [-0.1, -0.05) is 0 Å². The van der Waals surface area contributed by atoms with Crippen molar-refractivity contribution in [3.8, 4) is 11.4 Å². The molecule has 7 heteroatoms. The average Bonchev–Trinajstić information content (AvgIpc) is 2.38. The van der Waals surface area contributed by atoms with Crippen molar-refractivity contribution in [2.75, 3.05) is 6.61 Å². The Balaban J connectivity index is 2.10. The van der Waals surface area contributed by atoms with Gasteiger partial charge in [-0.05, 0) is 48.7 Å². The number of aryl methyl sites for hydroxylation is 1. The molecule has 0 amide bonds. The van der Waals surface area contributed by atoms with E-state index in [0.717, 1.165) is 22.5 Å². The summed E-state index contributed by atoms with van der Waals surface area (Å²) in [7, 11) is -4.41. The van der Waals surface area contributed by atoms with Gasteiger partial charge in [-0.2, -0.15) is 0 Å². The van der Waals surface area contributed by atoms with Crippen molar-refractivity contribution in [1.29, 1.82) is 0 Å². The van der Waals surface area contributed by atoms with Gasteiger partial charge in [-0.3, -0.25) is 14.5 Å². The van der Waals surface area contributed by atoms with Crippen LogP contribution < -0.4 is 0 Å². The molecule has 2 rings (SSSR count). The summed E-state index contributed by atoms with van der Waals surface area (Å²) in [5.41, 5.74) is 3.46. The molecule has 0 bridgehead atoms. The highest BCUT2D eigenvalue weighted by molar-refractivity contribution is 7.46. The second-order valence-electron chi connectivity index (χ2n) is 4.34. The van der Waals surface area contributed by atoms with Crippen LogP contribution in [0.25, 0.3) is 11.4 Å². The van der Waals surface area contributed by atoms with Gasteiger partial charge in [0.1, 0.15) is 0 Å². The van der Waals surface area contributed by atoms with Crippen molar-refractivity contribution in [2.24, 2.45) is 0 Å². The van der Waals surface area contributed by atoms with E-state index in [2.05, 4.69) is 14.5 Å². The van der Waals surface area contributed by atoms with Crippen LogP contribution in [0.2, 0.25) is 0 Å². The Bertz CT molecular complexity index is 642. The van der Waals surface area contributed by atoms with Crippen molar-refractivity contribution >= 4 is 7.82 Å². The van der Waals surface area contributed by atoms with Gasteiger partial charge in [0, 0.05) is 12.4 Å². The number of phosphoric acid groups is 1. The molecule has 0 spiro atoms. The summed E-state index contributed by atoms with van der Waals surface area (Å²) in [6.07, 6.45) is 3.76. The van der Waals surface area contributed by atoms with Crippen LogP contribution in [0.15, 0.2) is 36.7 Å². The molecule has 0 aromatic carbocycles. The third-order valence-electron chi connectivity index (χ3n) is 2.65. The van der Waals surface area contributed by atoms with Gasteiger partial charge in [0.15, 0.2) is 0 Å². The van der Waals surface area contributed by atoms with Crippen LogP contribution >= 0.6 is 7.82 Å². The highest BCUT2D eigenvalue weighted by Gasteiger charge is 2.13. The Kier molecular flexibility index (Phi) is 4.62. The largest absolute Gasteiger partial charge is 0.469 e. The molecule has 0 aliphatic heterocycles. The van der Waals surface area contributed by atoms with Crippen LogP contribution in [0.4, 0.5) is 0 Å². The van der Waals surface area contributed by atoms with Crippen LogP contribution in [-0.2, 0) is 15.5 Å². The van der Waals surface area contributed by atoms with Crippen molar-refractivity contribution in [1.82, 2.24) is 9.97 Å². The van der Waals surface area contributed by atoms with Gasteiger partial charge in [-0.15, -0.1) is 0 Å². The molecule has 0 aliphatic carbocycles. The zero-order valence-electron chi connectivity index (χ0n) is 10.9. The van der Waals surface area contributed by atoms with E-state index in [1.54, 1.807) is 18.5 Å². The molecule has 2 N–H and O–H groups in total. The molecule has 0 unspecified atom stereocenters. The van der Waals surface area contributed by atoms with Crippen molar-refractivity contribution in [3.05, 3.63) is 47.8 Å². The maximum Gasteiger partial charge on any atom is 0.469 e. The fourth-order valence-electron chi connectivity index (χ4n) is 1.73. The molecule has 20 heavy (non-hydrogen) atoms. The Labute approximate surface area is 116 Å². The van der Waals surface area contributed by atoms with Crippen molar-refractivity contribution < 1.29 is 18.9 Å². The molecule has 2 heterocycles. The molecule has 0 radical (unpaired) electrons. The molecular formula is C13H15N2O4P. The number of aromatic nitrogens is 2. The molecule has 2 aromatic heterocycles. The van der Waals surface area contributed by atoms with E-state index in [1.807, 2.05) is 25.1 Å². The summed E-state index contributed by atoms with van der Waals surface area (Å²) in [6, 6.07) is 7.45. The zero-order chi connectivity index (χ0) is 14.6. The Hall–Kier alpha value is -1.59. The SMILES string of the molecule is Cc1ccnc(-c2cc(CCOP(=O)(O)O)ccn2)c1. The lowest BCUT2D eigenvalue weighted by atomic mass is 10.1. The van der Waals surface area contributed by atoms with Gasteiger partial charge >= 0.3 is 7.82 Å². The standard InChI is InChI=1S/C13H15N2O4P/c1-10-2-5-14-12(8-10)13-9-11(3-6-15-13)4-7-19-20(16,17)18/h2-3,5-6,8-9H,4,7H2,1H3,(H2,16,17,18). The third kappa shape index (κ3) is 4.51. The predicted octanol–water partition coefficient (Wildman–Crippen LogP) is 2.10. The Morgan fingerprint density at radius 2 is 1.80 bits per heavy atom. The number of hydrogen-bond acceptors (Lipinski definition) is 4. The van der Waals surface area contributed by atoms with Gasteiger partial charge in [0.05, 0.1) is 18.0 Å². The molecule has 0 fully saturated rings. The van der Waals surface area contributed by atoms with Gasteiger partial charge in [0.25, 0.3) is 0 Å². The molecule has 0 saturated heterocycles. The second-order valence-corrected chi connectivity index (χ2v) is 5.58. The van der Waals surface area contributed by atoms with Crippen LogP contribution in [0, 0.1) is 6.92 Å². The maximum atomic E-state index is 10.6. The van der Waals surface area contributed by atoms with Gasteiger partial charge in [-0.25, -0.2) is 4.57 Å². The number of rotatable bonds is 5. The maximum absolute atomic E-state index is 10.6. The highest BCUT2D eigenvalue weighted by atomic mass is 31.2. The summed E-state index contributed by atoms with van der Waals surface area (Å²) in [5.74, 6) is 0. The lowest BCUT2D eigenvalue weighted by Crippen LogP contribution is -1.98. The van der Waals surface area contributed by atoms with E-state index in [1.165, 1.54) is 0 Å². The monoisotopic (exact) mass is 294 g/mol. The number of hydrogen-bond donors (Lipinski definition) is 2. The first-order valence-corrected chi connectivity index (χ1v) is 7.55. The van der Waals surface area contributed by atoms with E-state index < -0.39 is 7.82 Å². The second kappa shape index (κ2) is 6.24. The first-order chi connectivity index (χ1) is 9.44. The molecule has 0 atom stereocenters. The minimum absolute atomic E-state index is 0.0466. The molecule has 6 nitrogen and oxygen atoms in total. The van der Waals surface area contributed by atoms with Gasteiger partial charge in [0.2, 0.25) is 0 Å². The van der Waals surface area contributed by atoms with Crippen molar-refractivity contribution in [2.45, 2.75) is 13.3 Å². The number of nitrogens with zero attached hydrogens (tertiary/aromatic N) is 2. The van der Waals surface area contributed by atoms with E-state index >= 15 is 0 Å². The van der Waals surface area contributed by atoms with E-state index in [0.29, 0.717) is 6.42 Å². The summed E-state index contributed by atoms with van der Waals surface area (Å²) in [6.45, 7) is 1.93.